The summed E-state index contributed by atoms with van der Waals surface area (Å²) in [6.45, 7) is 1.16. The van der Waals surface area contributed by atoms with Gasteiger partial charge < -0.3 is 15.3 Å². The Morgan fingerprint density at radius 1 is 1.13 bits per heavy atom. The SMILES string of the molecule is NCCCON=C1c2ccccc2OC2(c3ccccc3)CC12. The summed E-state index contributed by atoms with van der Waals surface area (Å²) in [4.78, 5) is 5.50. The molecule has 1 aliphatic carbocycles. The molecule has 0 bridgehead atoms. The van der Waals surface area contributed by atoms with Crippen molar-refractivity contribution in [1.29, 1.82) is 0 Å². The van der Waals surface area contributed by atoms with Crippen LogP contribution in [0.15, 0.2) is 59.8 Å². The van der Waals surface area contributed by atoms with Gasteiger partial charge in [-0.1, -0.05) is 47.6 Å². The Bertz CT molecular complexity index is 729. The van der Waals surface area contributed by atoms with Gasteiger partial charge in [-0.25, -0.2) is 0 Å². The zero-order valence-corrected chi connectivity index (χ0v) is 12.9. The molecule has 0 saturated heterocycles. The zero-order chi connectivity index (χ0) is 15.7. The Balaban J connectivity index is 1.69. The average Bonchev–Trinajstić information content (AvgIpc) is 3.34. The molecular formula is C19H20N2O2. The van der Waals surface area contributed by atoms with Crippen molar-refractivity contribution in [2.45, 2.75) is 18.4 Å². The van der Waals surface area contributed by atoms with Crippen LogP contribution in [0.5, 0.6) is 5.75 Å². The van der Waals surface area contributed by atoms with E-state index in [0.29, 0.717) is 13.2 Å². The fourth-order valence-corrected chi connectivity index (χ4v) is 3.30. The molecule has 1 fully saturated rings. The Hall–Kier alpha value is -2.33. The van der Waals surface area contributed by atoms with E-state index in [2.05, 4.69) is 29.4 Å². The molecule has 0 spiro atoms. The molecule has 4 rings (SSSR count). The summed E-state index contributed by atoms with van der Waals surface area (Å²) in [5, 5.41) is 4.44. The summed E-state index contributed by atoms with van der Waals surface area (Å²) in [6.07, 6.45) is 1.74. The summed E-state index contributed by atoms with van der Waals surface area (Å²) in [7, 11) is 0. The maximum atomic E-state index is 6.38. The minimum Gasteiger partial charge on any atom is -0.481 e. The third-order valence-electron chi connectivity index (χ3n) is 4.56. The van der Waals surface area contributed by atoms with Crippen molar-refractivity contribution in [3.05, 3.63) is 65.7 Å². The molecule has 0 aromatic heterocycles. The van der Waals surface area contributed by atoms with Gasteiger partial charge in [0, 0.05) is 12.0 Å². The van der Waals surface area contributed by atoms with Crippen molar-refractivity contribution >= 4 is 5.71 Å². The summed E-state index contributed by atoms with van der Waals surface area (Å²) < 4.78 is 6.38. The van der Waals surface area contributed by atoms with Crippen molar-refractivity contribution < 1.29 is 9.57 Å². The number of hydrogen-bond acceptors (Lipinski definition) is 4. The second kappa shape index (κ2) is 5.70. The monoisotopic (exact) mass is 308 g/mol. The molecule has 2 aromatic carbocycles. The van der Waals surface area contributed by atoms with Crippen LogP contribution in [0.1, 0.15) is 24.0 Å². The number of fused-ring (bicyclic) bond motifs is 2. The van der Waals surface area contributed by atoms with Gasteiger partial charge in [-0.05, 0) is 30.7 Å². The molecule has 2 aromatic rings. The van der Waals surface area contributed by atoms with Gasteiger partial charge in [0.05, 0.1) is 11.6 Å². The van der Waals surface area contributed by atoms with E-state index in [0.717, 1.165) is 29.9 Å². The molecule has 0 amide bonds. The second-order valence-electron chi connectivity index (χ2n) is 6.06. The van der Waals surface area contributed by atoms with Gasteiger partial charge in [-0.15, -0.1) is 0 Å². The van der Waals surface area contributed by atoms with Crippen molar-refractivity contribution in [2.75, 3.05) is 13.2 Å². The highest BCUT2D eigenvalue weighted by Crippen LogP contribution is 2.60. The van der Waals surface area contributed by atoms with Gasteiger partial charge in [-0.2, -0.15) is 0 Å². The highest BCUT2D eigenvalue weighted by Gasteiger charge is 2.64. The highest BCUT2D eigenvalue weighted by atomic mass is 16.6. The van der Waals surface area contributed by atoms with Gasteiger partial charge in [0.2, 0.25) is 0 Å². The van der Waals surface area contributed by atoms with E-state index >= 15 is 0 Å². The number of ether oxygens (including phenoxy) is 1. The van der Waals surface area contributed by atoms with Crippen LogP contribution in [-0.2, 0) is 10.4 Å². The normalized spacial score (nSPS) is 26.1. The number of hydrogen-bond donors (Lipinski definition) is 1. The van der Waals surface area contributed by atoms with Crippen LogP contribution in [-0.4, -0.2) is 18.9 Å². The number of nitrogens with zero attached hydrogens (tertiary/aromatic N) is 1. The molecule has 2 aliphatic rings. The Morgan fingerprint density at radius 2 is 1.91 bits per heavy atom. The molecule has 4 nitrogen and oxygen atoms in total. The van der Waals surface area contributed by atoms with Gasteiger partial charge in [-0.3, -0.25) is 0 Å². The molecule has 118 valence electrons. The van der Waals surface area contributed by atoms with Crippen LogP contribution in [0.25, 0.3) is 0 Å². The summed E-state index contributed by atoms with van der Waals surface area (Å²) >= 11 is 0. The van der Waals surface area contributed by atoms with Crippen LogP contribution < -0.4 is 10.5 Å². The van der Waals surface area contributed by atoms with E-state index in [4.69, 9.17) is 15.3 Å². The quantitative estimate of drug-likeness (QED) is 0.682. The van der Waals surface area contributed by atoms with E-state index in [1.165, 1.54) is 5.56 Å². The maximum absolute atomic E-state index is 6.38. The van der Waals surface area contributed by atoms with Crippen molar-refractivity contribution in [3.63, 3.8) is 0 Å². The zero-order valence-electron chi connectivity index (χ0n) is 12.9. The average molecular weight is 308 g/mol. The van der Waals surface area contributed by atoms with Gasteiger partial charge in [0.15, 0.2) is 0 Å². The van der Waals surface area contributed by atoms with Crippen molar-refractivity contribution in [2.24, 2.45) is 16.8 Å². The molecule has 2 unspecified atom stereocenters. The number of benzene rings is 2. The summed E-state index contributed by atoms with van der Waals surface area (Å²) in [5.41, 5.74) is 8.45. The molecule has 1 heterocycles. The van der Waals surface area contributed by atoms with Crippen LogP contribution >= 0.6 is 0 Å². The first-order valence-electron chi connectivity index (χ1n) is 8.09. The molecular weight excluding hydrogens is 288 g/mol. The molecule has 2 atom stereocenters. The molecule has 1 saturated carbocycles. The fourth-order valence-electron chi connectivity index (χ4n) is 3.30. The maximum Gasteiger partial charge on any atom is 0.143 e. The largest absolute Gasteiger partial charge is 0.481 e. The molecule has 2 N–H and O–H groups in total. The van der Waals surface area contributed by atoms with Crippen LogP contribution in [0.4, 0.5) is 0 Å². The van der Waals surface area contributed by atoms with Gasteiger partial charge >= 0.3 is 0 Å². The fraction of sp³-hybridized carbons (Fsp3) is 0.316. The van der Waals surface area contributed by atoms with E-state index in [9.17, 15) is 0 Å². The first kappa shape index (κ1) is 14.3. The lowest BCUT2D eigenvalue weighted by Crippen LogP contribution is -2.28. The second-order valence-corrected chi connectivity index (χ2v) is 6.06. The highest BCUT2D eigenvalue weighted by molar-refractivity contribution is 6.08. The van der Waals surface area contributed by atoms with Crippen molar-refractivity contribution in [3.8, 4) is 5.75 Å². The Labute approximate surface area is 135 Å². The lowest BCUT2D eigenvalue weighted by atomic mass is 9.96. The Morgan fingerprint density at radius 3 is 2.74 bits per heavy atom. The first-order chi connectivity index (χ1) is 11.3. The van der Waals surface area contributed by atoms with E-state index in [1.54, 1.807) is 0 Å². The van der Waals surface area contributed by atoms with Crippen molar-refractivity contribution in [1.82, 2.24) is 0 Å². The first-order valence-corrected chi connectivity index (χ1v) is 8.09. The van der Waals surface area contributed by atoms with E-state index in [-0.39, 0.29) is 11.5 Å². The smallest absolute Gasteiger partial charge is 0.143 e. The molecule has 4 heteroatoms. The predicted molar refractivity (Wildman–Crippen MR) is 89.5 cm³/mol. The third-order valence-corrected chi connectivity index (χ3v) is 4.56. The lowest BCUT2D eigenvalue weighted by molar-refractivity contribution is 0.136. The predicted octanol–water partition coefficient (Wildman–Crippen LogP) is 3.06. The van der Waals surface area contributed by atoms with Crippen LogP contribution in [0.2, 0.25) is 0 Å². The summed E-state index contributed by atoms with van der Waals surface area (Å²) in [6, 6.07) is 18.4. The molecule has 23 heavy (non-hydrogen) atoms. The number of para-hydroxylation sites is 1. The number of rotatable bonds is 5. The Kier molecular flexibility index (Phi) is 3.54. The molecule has 0 radical (unpaired) electrons. The van der Waals surface area contributed by atoms with Gasteiger partial charge in [0.25, 0.3) is 0 Å². The number of nitrogens with two attached hydrogens (primary N) is 1. The standard InChI is InChI=1S/C19H20N2O2/c20-11-6-12-22-21-18-15-9-4-5-10-17(15)23-19(13-16(18)19)14-7-2-1-3-8-14/h1-5,7-10,16H,6,11-13,20H2. The van der Waals surface area contributed by atoms with E-state index < -0.39 is 0 Å². The summed E-state index contributed by atoms with van der Waals surface area (Å²) in [5.74, 6) is 1.13. The van der Waals surface area contributed by atoms with Crippen LogP contribution in [0, 0.1) is 5.92 Å². The van der Waals surface area contributed by atoms with E-state index in [1.807, 2.05) is 30.3 Å². The minimum absolute atomic E-state index is 0.248. The van der Waals surface area contributed by atoms with Crippen LogP contribution in [0.3, 0.4) is 0 Å². The topological polar surface area (TPSA) is 56.8 Å². The third kappa shape index (κ3) is 2.39. The van der Waals surface area contributed by atoms with Gasteiger partial charge in [0.1, 0.15) is 18.0 Å². The lowest BCUT2D eigenvalue weighted by Gasteiger charge is -2.27. The minimum atomic E-state index is -0.286. The molecule has 1 aliphatic heterocycles. The number of oxime groups is 1.